The van der Waals surface area contributed by atoms with E-state index in [0.29, 0.717) is 0 Å². The van der Waals surface area contributed by atoms with Crippen molar-refractivity contribution in [1.29, 1.82) is 0 Å². The van der Waals surface area contributed by atoms with Gasteiger partial charge in [-0.1, -0.05) is 62.4 Å². The molecule has 8 heteroatoms. The number of hydrogen-bond acceptors (Lipinski definition) is 5. The molecule has 0 aromatic heterocycles. The maximum absolute atomic E-state index is 13.1. The Kier molecular flexibility index (Phi) is 6.88. The van der Waals surface area contributed by atoms with E-state index in [9.17, 15) is 19.5 Å². The molecule has 180 valence electrons. The summed E-state index contributed by atoms with van der Waals surface area (Å²) in [5.74, 6) is -1.72. The maximum atomic E-state index is 13.1. The van der Waals surface area contributed by atoms with Gasteiger partial charge in [0.2, 0.25) is 5.91 Å². The molecule has 0 saturated carbocycles. The van der Waals surface area contributed by atoms with Crippen molar-refractivity contribution in [2.45, 2.75) is 44.2 Å². The number of alkyl carbamates (subject to hydrolysis) is 1. The number of nitrogens with one attached hydrogen (secondary N) is 2. The fourth-order valence-corrected chi connectivity index (χ4v) is 4.72. The molecule has 0 radical (unpaired) electrons. The predicted molar refractivity (Wildman–Crippen MR) is 125 cm³/mol. The number of benzene rings is 2. The second-order valence-corrected chi connectivity index (χ2v) is 9.33. The Morgan fingerprint density at radius 2 is 1.71 bits per heavy atom. The third kappa shape index (κ3) is 4.77. The number of amides is 2. The molecule has 1 aliphatic heterocycles. The van der Waals surface area contributed by atoms with Crippen molar-refractivity contribution in [3.05, 3.63) is 59.7 Å². The number of carbonyl (C=O) groups is 3. The molecule has 1 saturated heterocycles. The number of carboxylic acids is 1. The molecular weight excluding hydrogens is 436 g/mol. The molecule has 3 N–H and O–H groups in total. The number of carbonyl (C=O) groups excluding carboxylic acids is 2. The highest BCUT2D eigenvalue weighted by Crippen LogP contribution is 2.44. The molecule has 4 rings (SSSR count). The Hall–Kier alpha value is -3.39. The summed E-state index contributed by atoms with van der Waals surface area (Å²) >= 11 is 0. The van der Waals surface area contributed by atoms with Crippen LogP contribution >= 0.6 is 0 Å². The number of ether oxygens (including phenoxy) is 2. The van der Waals surface area contributed by atoms with Gasteiger partial charge in [0.15, 0.2) is 0 Å². The molecule has 2 atom stereocenters. The van der Waals surface area contributed by atoms with Gasteiger partial charge in [0.05, 0.1) is 6.61 Å². The van der Waals surface area contributed by atoms with E-state index < -0.39 is 29.6 Å². The fraction of sp³-hybridized carbons (Fsp3) is 0.423. The predicted octanol–water partition coefficient (Wildman–Crippen LogP) is 3.30. The van der Waals surface area contributed by atoms with Crippen molar-refractivity contribution < 1.29 is 29.0 Å². The molecule has 8 nitrogen and oxygen atoms in total. The molecule has 2 aliphatic rings. The summed E-state index contributed by atoms with van der Waals surface area (Å²) in [5, 5.41) is 14.7. The molecule has 1 aliphatic carbocycles. The summed E-state index contributed by atoms with van der Waals surface area (Å²) < 4.78 is 11.0. The van der Waals surface area contributed by atoms with Gasteiger partial charge < -0.3 is 25.2 Å². The van der Waals surface area contributed by atoms with Crippen LogP contribution in [0.2, 0.25) is 0 Å². The van der Waals surface area contributed by atoms with E-state index in [1.54, 1.807) is 0 Å². The van der Waals surface area contributed by atoms with Gasteiger partial charge in [-0.25, -0.2) is 9.59 Å². The van der Waals surface area contributed by atoms with E-state index in [1.165, 1.54) is 0 Å². The lowest BCUT2D eigenvalue weighted by Crippen LogP contribution is -2.62. The Balaban J connectivity index is 1.44. The van der Waals surface area contributed by atoms with Gasteiger partial charge in [-0.3, -0.25) is 4.79 Å². The second kappa shape index (κ2) is 9.85. The van der Waals surface area contributed by atoms with Gasteiger partial charge >= 0.3 is 12.1 Å². The number of rotatable bonds is 8. The van der Waals surface area contributed by atoms with Crippen LogP contribution in [-0.4, -0.2) is 54.5 Å². The molecule has 2 aromatic carbocycles. The van der Waals surface area contributed by atoms with Gasteiger partial charge in [-0.15, -0.1) is 0 Å². The standard InChI is InChI=1S/C26H30N2O6/c1-16(2)13-22(23(29)30)27-24(31)26(11-12-33-15-26)28-25(32)34-14-21-19-9-5-3-7-17(19)18-8-4-6-10-20(18)21/h3-10,16,21-22H,11-15H2,1-2H3,(H,27,31)(H,28,32)(H,29,30). The summed E-state index contributed by atoms with van der Waals surface area (Å²) in [6, 6.07) is 15.0. The van der Waals surface area contributed by atoms with Crippen molar-refractivity contribution in [3.63, 3.8) is 0 Å². The van der Waals surface area contributed by atoms with Crippen molar-refractivity contribution >= 4 is 18.0 Å². The first-order valence-corrected chi connectivity index (χ1v) is 11.6. The lowest BCUT2D eigenvalue weighted by molar-refractivity contribution is -0.143. The second-order valence-electron chi connectivity index (χ2n) is 9.33. The van der Waals surface area contributed by atoms with Crippen LogP contribution in [0.4, 0.5) is 4.79 Å². The number of fused-ring (bicyclic) bond motifs is 3. The molecule has 2 unspecified atom stereocenters. The Bertz CT molecular complexity index is 1030. The van der Waals surface area contributed by atoms with Crippen molar-refractivity contribution in [3.8, 4) is 11.1 Å². The number of carboxylic acid groups (broad SMARTS) is 1. The monoisotopic (exact) mass is 466 g/mol. The summed E-state index contributed by atoms with van der Waals surface area (Å²) in [6.07, 6.45) is -0.224. The molecule has 0 spiro atoms. The van der Waals surface area contributed by atoms with Gasteiger partial charge in [-0.2, -0.15) is 0 Å². The van der Waals surface area contributed by atoms with E-state index in [-0.39, 0.29) is 44.5 Å². The van der Waals surface area contributed by atoms with Crippen LogP contribution in [0.3, 0.4) is 0 Å². The van der Waals surface area contributed by atoms with Gasteiger partial charge in [0.25, 0.3) is 0 Å². The van der Waals surface area contributed by atoms with Gasteiger partial charge in [0.1, 0.15) is 18.2 Å². The highest BCUT2D eigenvalue weighted by Gasteiger charge is 2.45. The van der Waals surface area contributed by atoms with E-state index in [0.717, 1.165) is 22.3 Å². The molecule has 2 aromatic rings. The summed E-state index contributed by atoms with van der Waals surface area (Å²) in [4.78, 5) is 37.5. The average molecular weight is 467 g/mol. The lowest BCUT2D eigenvalue weighted by Gasteiger charge is -2.29. The highest BCUT2D eigenvalue weighted by atomic mass is 16.6. The average Bonchev–Trinajstić information content (AvgIpc) is 3.40. The largest absolute Gasteiger partial charge is 0.480 e. The minimum atomic E-state index is -1.37. The molecule has 1 heterocycles. The smallest absolute Gasteiger partial charge is 0.408 e. The van der Waals surface area contributed by atoms with Crippen molar-refractivity contribution in [2.75, 3.05) is 19.8 Å². The van der Waals surface area contributed by atoms with Crippen molar-refractivity contribution in [2.24, 2.45) is 5.92 Å². The summed E-state index contributed by atoms with van der Waals surface area (Å²) in [6.45, 7) is 4.11. The molecule has 1 fully saturated rings. The molecule has 34 heavy (non-hydrogen) atoms. The van der Waals surface area contributed by atoms with Gasteiger partial charge in [0, 0.05) is 18.9 Å². The third-order valence-corrected chi connectivity index (χ3v) is 6.45. The quantitative estimate of drug-likeness (QED) is 0.550. The first-order valence-electron chi connectivity index (χ1n) is 11.6. The maximum Gasteiger partial charge on any atom is 0.408 e. The van der Waals surface area contributed by atoms with Crippen LogP contribution in [0.1, 0.15) is 43.7 Å². The van der Waals surface area contributed by atoms with E-state index >= 15 is 0 Å². The SMILES string of the molecule is CC(C)CC(NC(=O)C1(NC(=O)OCC2c3ccccc3-c3ccccc32)CCOC1)C(=O)O. The van der Waals surface area contributed by atoms with Crippen LogP contribution in [0.15, 0.2) is 48.5 Å². The van der Waals surface area contributed by atoms with E-state index in [1.807, 2.05) is 50.2 Å². The zero-order valence-corrected chi connectivity index (χ0v) is 19.4. The third-order valence-electron chi connectivity index (χ3n) is 6.45. The highest BCUT2D eigenvalue weighted by molar-refractivity contribution is 5.93. The molecular formula is C26H30N2O6. The minimum Gasteiger partial charge on any atom is -0.480 e. The van der Waals surface area contributed by atoms with Gasteiger partial charge in [-0.05, 0) is 34.6 Å². The van der Waals surface area contributed by atoms with E-state index in [2.05, 4.69) is 22.8 Å². The Morgan fingerprint density at radius 1 is 1.09 bits per heavy atom. The minimum absolute atomic E-state index is 0.0446. The van der Waals surface area contributed by atoms with Crippen LogP contribution in [0, 0.1) is 5.92 Å². The van der Waals surface area contributed by atoms with Crippen LogP contribution in [-0.2, 0) is 19.1 Å². The Morgan fingerprint density at radius 3 is 2.24 bits per heavy atom. The lowest BCUT2D eigenvalue weighted by atomic mass is 9.96. The Labute approximate surface area is 198 Å². The molecule has 2 amide bonds. The number of aliphatic carboxylic acids is 1. The number of hydrogen-bond donors (Lipinski definition) is 3. The zero-order chi connectivity index (χ0) is 24.3. The zero-order valence-electron chi connectivity index (χ0n) is 19.4. The summed E-state index contributed by atoms with van der Waals surface area (Å²) in [7, 11) is 0. The topological polar surface area (TPSA) is 114 Å². The van der Waals surface area contributed by atoms with Crippen LogP contribution in [0.5, 0.6) is 0 Å². The molecule has 0 bridgehead atoms. The van der Waals surface area contributed by atoms with Crippen LogP contribution in [0.25, 0.3) is 11.1 Å². The van der Waals surface area contributed by atoms with Crippen LogP contribution < -0.4 is 10.6 Å². The first kappa shape index (κ1) is 23.8. The summed E-state index contributed by atoms with van der Waals surface area (Å²) in [5.41, 5.74) is 3.05. The normalized spacial score (nSPS) is 19.9. The first-order chi connectivity index (χ1) is 16.3. The van der Waals surface area contributed by atoms with Crippen molar-refractivity contribution in [1.82, 2.24) is 10.6 Å². The fourth-order valence-electron chi connectivity index (χ4n) is 4.72. The van der Waals surface area contributed by atoms with E-state index in [4.69, 9.17) is 9.47 Å².